The maximum absolute atomic E-state index is 10.1. The summed E-state index contributed by atoms with van der Waals surface area (Å²) in [7, 11) is 0. The number of aromatic nitrogens is 2. The zero-order valence-electron chi connectivity index (χ0n) is 10.2. The van der Waals surface area contributed by atoms with E-state index in [1.54, 1.807) is 6.07 Å². The zero-order chi connectivity index (χ0) is 12.9. The maximum atomic E-state index is 10.1. The fourth-order valence-electron chi connectivity index (χ4n) is 1.39. The molecule has 1 heterocycles. The first-order valence-corrected chi connectivity index (χ1v) is 5.60. The summed E-state index contributed by atoms with van der Waals surface area (Å²) in [4.78, 5) is 7.87. The number of nitrogen functional groups attached to an aromatic ring is 2. The Bertz CT molecular complexity index is 366. The van der Waals surface area contributed by atoms with Crippen LogP contribution in [0.25, 0.3) is 0 Å². The summed E-state index contributed by atoms with van der Waals surface area (Å²) < 4.78 is 0. The van der Waals surface area contributed by atoms with Crippen LogP contribution >= 0.6 is 0 Å². The van der Waals surface area contributed by atoms with Crippen LogP contribution in [0.2, 0.25) is 0 Å². The van der Waals surface area contributed by atoms with Crippen molar-refractivity contribution in [2.45, 2.75) is 32.3 Å². The molecule has 0 aromatic carbocycles. The molecule has 1 rings (SSSR count). The number of aliphatic hydroxyl groups is 1. The highest BCUT2D eigenvalue weighted by Gasteiger charge is 2.21. The van der Waals surface area contributed by atoms with E-state index in [4.69, 9.17) is 11.6 Å². The van der Waals surface area contributed by atoms with E-state index in [0.717, 1.165) is 0 Å². The molecule has 0 bridgehead atoms. The quantitative estimate of drug-likeness (QED) is 0.358. The molecule has 7 N–H and O–H groups in total. The normalized spacial score (nSPS) is 11.3. The molecule has 0 saturated heterocycles. The SMILES string of the molecule is CCC(O)(CC)CNc1cc(NN)nc(N)n1. The van der Waals surface area contributed by atoms with Crippen molar-refractivity contribution in [3.05, 3.63) is 6.07 Å². The molecule has 0 aliphatic carbocycles. The second kappa shape index (κ2) is 5.65. The number of hydrogen-bond donors (Lipinski definition) is 5. The highest BCUT2D eigenvalue weighted by atomic mass is 16.3. The van der Waals surface area contributed by atoms with Gasteiger partial charge < -0.3 is 21.6 Å². The second-order valence-corrected chi connectivity index (χ2v) is 3.93. The summed E-state index contributed by atoms with van der Waals surface area (Å²) in [6.07, 6.45) is 1.33. The van der Waals surface area contributed by atoms with Crippen LogP contribution in [-0.4, -0.2) is 27.2 Å². The summed E-state index contributed by atoms with van der Waals surface area (Å²) in [5, 5.41) is 13.1. The number of nitrogens with one attached hydrogen (secondary N) is 2. The van der Waals surface area contributed by atoms with Crippen molar-refractivity contribution >= 4 is 17.6 Å². The van der Waals surface area contributed by atoms with E-state index in [-0.39, 0.29) is 5.95 Å². The average Bonchev–Trinajstić information content (AvgIpc) is 2.35. The van der Waals surface area contributed by atoms with Gasteiger partial charge in [-0.15, -0.1) is 0 Å². The van der Waals surface area contributed by atoms with Crippen LogP contribution in [0.3, 0.4) is 0 Å². The first-order valence-electron chi connectivity index (χ1n) is 5.60. The minimum atomic E-state index is -0.740. The zero-order valence-corrected chi connectivity index (χ0v) is 10.2. The molecule has 0 radical (unpaired) electrons. The average molecular weight is 240 g/mol. The van der Waals surface area contributed by atoms with Gasteiger partial charge in [-0.25, -0.2) is 5.84 Å². The second-order valence-electron chi connectivity index (χ2n) is 3.93. The molecule has 0 saturated carbocycles. The van der Waals surface area contributed by atoms with E-state index < -0.39 is 5.60 Å². The minimum Gasteiger partial charge on any atom is -0.388 e. The Balaban J connectivity index is 2.72. The highest BCUT2D eigenvalue weighted by Crippen LogP contribution is 2.17. The first-order chi connectivity index (χ1) is 8.03. The van der Waals surface area contributed by atoms with Crippen molar-refractivity contribution in [1.29, 1.82) is 0 Å². The topological polar surface area (TPSA) is 122 Å². The lowest BCUT2D eigenvalue weighted by Crippen LogP contribution is -2.35. The molecule has 1 aromatic rings. The molecule has 0 aliphatic rings. The summed E-state index contributed by atoms with van der Waals surface area (Å²) in [6, 6.07) is 1.63. The van der Waals surface area contributed by atoms with Crippen LogP contribution in [0.1, 0.15) is 26.7 Å². The predicted molar refractivity (Wildman–Crippen MR) is 68.3 cm³/mol. The van der Waals surface area contributed by atoms with E-state index in [1.165, 1.54) is 0 Å². The number of nitrogens with two attached hydrogens (primary N) is 2. The molecule has 0 amide bonds. The van der Waals surface area contributed by atoms with Crippen LogP contribution in [0.4, 0.5) is 17.6 Å². The largest absolute Gasteiger partial charge is 0.388 e. The Morgan fingerprint density at radius 3 is 2.41 bits per heavy atom. The monoisotopic (exact) mass is 240 g/mol. The van der Waals surface area contributed by atoms with Crippen molar-refractivity contribution in [3.63, 3.8) is 0 Å². The van der Waals surface area contributed by atoms with Gasteiger partial charge in [-0.05, 0) is 12.8 Å². The number of hydrogen-bond acceptors (Lipinski definition) is 7. The lowest BCUT2D eigenvalue weighted by molar-refractivity contribution is 0.0456. The van der Waals surface area contributed by atoms with E-state index >= 15 is 0 Å². The molecular weight excluding hydrogens is 220 g/mol. The summed E-state index contributed by atoms with van der Waals surface area (Å²) >= 11 is 0. The van der Waals surface area contributed by atoms with Crippen LogP contribution in [0.5, 0.6) is 0 Å². The molecule has 0 fully saturated rings. The summed E-state index contributed by atoms with van der Waals surface area (Å²) in [5.74, 6) is 6.33. The van der Waals surface area contributed by atoms with E-state index in [0.29, 0.717) is 31.0 Å². The third-order valence-corrected chi connectivity index (χ3v) is 2.81. The minimum absolute atomic E-state index is 0.125. The lowest BCUT2D eigenvalue weighted by Gasteiger charge is -2.25. The van der Waals surface area contributed by atoms with E-state index in [9.17, 15) is 5.11 Å². The Hall–Kier alpha value is -1.60. The summed E-state index contributed by atoms with van der Waals surface area (Å²) in [5.41, 5.74) is 7.18. The standard InChI is InChI=1S/C10H20N6O/c1-3-10(17,4-2)6-13-7-5-8(16-12)15-9(11)14-7/h5,17H,3-4,6,12H2,1-2H3,(H4,11,13,14,15,16). The van der Waals surface area contributed by atoms with Gasteiger partial charge in [0.05, 0.1) is 5.60 Å². The molecule has 96 valence electrons. The van der Waals surface area contributed by atoms with Gasteiger partial charge in [-0.2, -0.15) is 9.97 Å². The smallest absolute Gasteiger partial charge is 0.223 e. The third kappa shape index (κ3) is 3.72. The van der Waals surface area contributed by atoms with Crippen molar-refractivity contribution in [3.8, 4) is 0 Å². The Kier molecular flexibility index (Phi) is 4.47. The van der Waals surface area contributed by atoms with Crippen molar-refractivity contribution in [2.75, 3.05) is 23.0 Å². The molecule has 7 heteroatoms. The molecule has 1 aromatic heterocycles. The van der Waals surface area contributed by atoms with Gasteiger partial charge in [-0.3, -0.25) is 0 Å². The van der Waals surface area contributed by atoms with Gasteiger partial charge in [0.2, 0.25) is 5.95 Å². The van der Waals surface area contributed by atoms with Crippen LogP contribution in [0.15, 0.2) is 6.07 Å². The summed E-state index contributed by atoms with van der Waals surface area (Å²) in [6.45, 7) is 4.28. The fraction of sp³-hybridized carbons (Fsp3) is 0.600. The lowest BCUT2D eigenvalue weighted by atomic mass is 9.98. The third-order valence-electron chi connectivity index (χ3n) is 2.81. The predicted octanol–water partition coefficient (Wildman–Crippen LogP) is 0.307. The molecule has 0 atom stereocenters. The van der Waals surface area contributed by atoms with Gasteiger partial charge in [0, 0.05) is 12.6 Å². The molecule has 7 nitrogen and oxygen atoms in total. The molecular formula is C10H20N6O. The van der Waals surface area contributed by atoms with Gasteiger partial charge in [-0.1, -0.05) is 13.8 Å². The van der Waals surface area contributed by atoms with Crippen molar-refractivity contribution < 1.29 is 5.11 Å². The maximum Gasteiger partial charge on any atom is 0.223 e. The van der Waals surface area contributed by atoms with Gasteiger partial charge in [0.15, 0.2) is 0 Å². The van der Waals surface area contributed by atoms with E-state index in [1.807, 2.05) is 13.8 Å². The van der Waals surface area contributed by atoms with Crippen molar-refractivity contribution in [2.24, 2.45) is 5.84 Å². The molecule has 17 heavy (non-hydrogen) atoms. The van der Waals surface area contributed by atoms with E-state index in [2.05, 4.69) is 20.7 Å². The molecule has 0 spiro atoms. The van der Waals surface area contributed by atoms with Gasteiger partial charge in [0.25, 0.3) is 0 Å². The number of anilines is 3. The van der Waals surface area contributed by atoms with Crippen LogP contribution in [-0.2, 0) is 0 Å². The Morgan fingerprint density at radius 2 is 1.88 bits per heavy atom. The van der Waals surface area contributed by atoms with Gasteiger partial charge in [0.1, 0.15) is 11.6 Å². The Labute approximate surface area is 101 Å². The van der Waals surface area contributed by atoms with Crippen LogP contribution in [0, 0.1) is 0 Å². The Morgan fingerprint density at radius 1 is 1.29 bits per heavy atom. The van der Waals surface area contributed by atoms with Gasteiger partial charge >= 0.3 is 0 Å². The van der Waals surface area contributed by atoms with Crippen LogP contribution < -0.4 is 22.3 Å². The van der Waals surface area contributed by atoms with Crippen molar-refractivity contribution in [1.82, 2.24) is 9.97 Å². The number of rotatable bonds is 6. The number of nitrogens with zero attached hydrogens (tertiary/aromatic N) is 2. The molecule has 0 aliphatic heterocycles. The number of hydrazine groups is 1. The molecule has 0 unspecified atom stereocenters. The highest BCUT2D eigenvalue weighted by molar-refractivity contribution is 5.50. The fourth-order valence-corrected chi connectivity index (χ4v) is 1.39. The first kappa shape index (κ1) is 13.5.